The molecule has 0 heterocycles. The van der Waals surface area contributed by atoms with Crippen LogP contribution in [0.25, 0.3) is 0 Å². The van der Waals surface area contributed by atoms with Crippen LogP contribution in [-0.2, 0) is 13.3 Å². The van der Waals surface area contributed by atoms with Gasteiger partial charge < -0.3 is 13.3 Å². The normalized spacial score (nSPS) is 13.4. The summed E-state index contributed by atoms with van der Waals surface area (Å²) in [5, 5.41) is 0. The van der Waals surface area contributed by atoms with Crippen LogP contribution < -0.4 is 0 Å². The van der Waals surface area contributed by atoms with Crippen LogP contribution in [0.15, 0.2) is 37.2 Å². The molecule has 0 aromatic heterocycles. The van der Waals surface area contributed by atoms with Crippen molar-refractivity contribution in [1.82, 2.24) is 0 Å². The maximum absolute atomic E-state index is 5.99. The van der Waals surface area contributed by atoms with Crippen LogP contribution in [0.4, 0.5) is 0 Å². The Balaban J connectivity index is 5.10. The minimum Gasteiger partial charge on any atom is -0.378 e. The fraction of sp³-hybridized carbons (Fsp3) is 0.455. The van der Waals surface area contributed by atoms with E-state index in [4.69, 9.17) is 13.3 Å². The van der Waals surface area contributed by atoms with Crippen molar-refractivity contribution in [1.29, 1.82) is 0 Å². The Bertz CT molecular complexity index is 278. The molecule has 3 nitrogen and oxygen atoms in total. The second kappa shape index (κ2) is 6.08. The second-order valence-electron chi connectivity index (χ2n) is 4.83. The molecule has 98 valence electrons. The van der Waals surface area contributed by atoms with Crippen molar-refractivity contribution in [2.45, 2.75) is 32.2 Å². The summed E-state index contributed by atoms with van der Waals surface area (Å²) in [6.07, 6.45) is 1.58. The van der Waals surface area contributed by atoms with E-state index in [1.165, 1.54) is 0 Å². The minimum absolute atomic E-state index is 0.502. The molecule has 0 radical (unpaired) electrons. The van der Waals surface area contributed by atoms with Gasteiger partial charge in [0.05, 0.1) is 0 Å². The summed E-state index contributed by atoms with van der Waals surface area (Å²) in [5.41, 5.74) is 3.69. The highest BCUT2D eigenvalue weighted by atomic mass is 28.4. The van der Waals surface area contributed by atoms with E-state index >= 15 is 0 Å². The fourth-order valence-corrected chi connectivity index (χ4v) is 3.89. The molecule has 0 aliphatic rings. The van der Waals surface area contributed by atoms with Crippen LogP contribution in [0.1, 0.15) is 0 Å². The molecular weight excluding hydrogens is 264 g/mol. The van der Waals surface area contributed by atoms with Gasteiger partial charge in [-0.25, -0.2) is 0 Å². The Morgan fingerprint density at radius 3 is 1.47 bits per heavy atom. The average Bonchev–Trinajstić information content (AvgIpc) is 2.27. The van der Waals surface area contributed by atoms with Crippen LogP contribution in [0.3, 0.4) is 0 Å². The molecular formula is C11H24O3Si3. The Labute approximate surface area is 110 Å². The van der Waals surface area contributed by atoms with Crippen molar-refractivity contribution in [2.24, 2.45) is 0 Å². The lowest BCUT2D eigenvalue weighted by molar-refractivity contribution is -0.222. The van der Waals surface area contributed by atoms with Gasteiger partial charge in [-0.1, -0.05) is 18.0 Å². The predicted molar refractivity (Wildman–Crippen MR) is 81.5 cm³/mol. The third kappa shape index (κ3) is 5.28. The van der Waals surface area contributed by atoms with E-state index in [9.17, 15) is 0 Å². The summed E-state index contributed by atoms with van der Waals surface area (Å²) >= 11 is 0. The Hall–Kier alpha value is -0.249. The maximum atomic E-state index is 5.99. The number of rotatable bonds is 8. The van der Waals surface area contributed by atoms with E-state index in [0.717, 1.165) is 0 Å². The van der Waals surface area contributed by atoms with Gasteiger partial charge >= 0.3 is 0 Å². The van der Waals surface area contributed by atoms with Crippen molar-refractivity contribution in [2.75, 3.05) is 0 Å². The summed E-state index contributed by atoms with van der Waals surface area (Å²) in [6, 6.07) is 0. The van der Waals surface area contributed by atoms with Gasteiger partial charge in [0.1, 0.15) is 0 Å². The average molecular weight is 289 g/mol. The van der Waals surface area contributed by atoms with E-state index in [1.54, 1.807) is 6.08 Å². The molecule has 0 aromatic rings. The van der Waals surface area contributed by atoms with Crippen molar-refractivity contribution < 1.29 is 13.3 Å². The van der Waals surface area contributed by atoms with Crippen LogP contribution in [0, 0.1) is 0 Å². The molecule has 0 aromatic carbocycles. The van der Waals surface area contributed by atoms with Gasteiger partial charge in [0.2, 0.25) is 16.6 Å². The number of hydrogen-bond acceptors (Lipinski definition) is 3. The Morgan fingerprint density at radius 2 is 1.29 bits per heavy atom. The highest BCUT2D eigenvalue weighted by Gasteiger charge is 2.39. The van der Waals surface area contributed by atoms with Gasteiger partial charge in [-0.2, -0.15) is 0 Å². The van der Waals surface area contributed by atoms with Gasteiger partial charge in [0, 0.05) is 0 Å². The highest BCUT2D eigenvalue weighted by Crippen LogP contribution is 2.26. The maximum Gasteiger partial charge on any atom is 0.275 e. The van der Waals surface area contributed by atoms with Crippen LogP contribution in [0.5, 0.6) is 0 Å². The van der Waals surface area contributed by atoms with Gasteiger partial charge in [0.25, 0.3) is 5.97 Å². The zero-order chi connectivity index (χ0) is 13.7. The van der Waals surface area contributed by atoms with Crippen molar-refractivity contribution in [3.05, 3.63) is 37.2 Å². The zero-order valence-corrected chi connectivity index (χ0v) is 15.6. The topological polar surface area (TPSA) is 27.7 Å². The molecule has 0 unspecified atom stereocenters. The SMILES string of the molecule is C=CC(O[SiH3])(O[Si](C)(C)C=C)O[Si](C)(C)C=C. The van der Waals surface area contributed by atoms with Gasteiger partial charge in [-0.3, -0.25) is 0 Å². The third-order valence-corrected chi connectivity index (χ3v) is 6.48. The number of hydrogen-bond donors (Lipinski definition) is 0. The van der Waals surface area contributed by atoms with Crippen molar-refractivity contribution in [3.8, 4) is 0 Å². The van der Waals surface area contributed by atoms with E-state index in [2.05, 4.69) is 19.7 Å². The molecule has 0 atom stereocenters. The van der Waals surface area contributed by atoms with E-state index < -0.39 is 22.6 Å². The molecule has 0 spiro atoms. The molecule has 6 heteroatoms. The van der Waals surface area contributed by atoms with Gasteiger partial charge in [-0.05, 0) is 32.3 Å². The van der Waals surface area contributed by atoms with E-state index in [1.807, 2.05) is 37.6 Å². The summed E-state index contributed by atoms with van der Waals surface area (Å²) in [4.78, 5) is 0. The largest absolute Gasteiger partial charge is 0.378 e. The smallest absolute Gasteiger partial charge is 0.275 e. The molecule has 0 saturated heterocycles. The van der Waals surface area contributed by atoms with Crippen LogP contribution in [0.2, 0.25) is 26.2 Å². The van der Waals surface area contributed by atoms with Crippen molar-refractivity contribution in [3.63, 3.8) is 0 Å². The lowest BCUT2D eigenvalue weighted by Crippen LogP contribution is -2.51. The lowest BCUT2D eigenvalue weighted by Gasteiger charge is -2.39. The molecule has 0 amide bonds. The molecule has 0 rings (SSSR count). The summed E-state index contributed by atoms with van der Waals surface area (Å²) < 4.78 is 17.5. The Morgan fingerprint density at radius 1 is 0.941 bits per heavy atom. The monoisotopic (exact) mass is 288 g/mol. The summed E-state index contributed by atoms with van der Waals surface area (Å²) in [5.74, 6) is -1.14. The zero-order valence-electron chi connectivity index (χ0n) is 11.6. The molecule has 0 saturated carbocycles. The fourth-order valence-electron chi connectivity index (χ4n) is 1.09. The molecule has 17 heavy (non-hydrogen) atoms. The first-order valence-corrected chi connectivity index (χ1v) is 12.3. The van der Waals surface area contributed by atoms with Gasteiger partial charge in [0.15, 0.2) is 10.5 Å². The van der Waals surface area contributed by atoms with E-state index in [0.29, 0.717) is 10.5 Å². The Kier molecular flexibility index (Phi) is 5.99. The molecule has 0 N–H and O–H groups in total. The van der Waals surface area contributed by atoms with Crippen molar-refractivity contribution >= 4 is 27.1 Å². The lowest BCUT2D eigenvalue weighted by atomic mass is 10.6. The van der Waals surface area contributed by atoms with Gasteiger partial charge in [-0.15, -0.1) is 13.2 Å². The third-order valence-electron chi connectivity index (χ3n) is 2.33. The highest BCUT2D eigenvalue weighted by molar-refractivity contribution is 6.77. The summed E-state index contributed by atoms with van der Waals surface area (Å²) in [7, 11) is -3.53. The quantitative estimate of drug-likeness (QED) is 0.388. The molecule has 0 aliphatic carbocycles. The first-order valence-electron chi connectivity index (χ1n) is 5.52. The van der Waals surface area contributed by atoms with Crippen LogP contribution >= 0.6 is 0 Å². The standard InChI is InChI=1S/C11H24O3Si3/c1-8-11(12-15,13-16(4,5)9-2)14-17(6,7)10-3/h8-10H,1-3H2,4-7,15H3. The first kappa shape index (κ1) is 16.8. The van der Waals surface area contributed by atoms with Crippen LogP contribution in [-0.4, -0.2) is 33.1 Å². The van der Waals surface area contributed by atoms with E-state index in [-0.39, 0.29) is 0 Å². The minimum atomic E-state index is -2.01. The summed E-state index contributed by atoms with van der Waals surface area (Å²) in [6.45, 7) is 19.5. The second-order valence-corrected chi connectivity index (χ2v) is 12.9. The molecule has 0 aliphatic heterocycles. The predicted octanol–water partition coefficient (Wildman–Crippen LogP) is 2.02. The molecule has 0 bridgehead atoms. The molecule has 0 fully saturated rings. The first-order chi connectivity index (χ1) is 7.66.